The highest BCUT2D eigenvalue weighted by Crippen LogP contribution is 2.31. The smallest absolute Gasteiger partial charge is 0.145 e. The van der Waals surface area contributed by atoms with Crippen LogP contribution in [0.25, 0.3) is 32.9 Å². The second-order valence-corrected chi connectivity index (χ2v) is 6.22. The molecule has 1 aromatic heterocycles. The summed E-state index contributed by atoms with van der Waals surface area (Å²) in [6.45, 7) is 4.07. The molecule has 0 unspecified atom stereocenters. The van der Waals surface area contributed by atoms with Crippen molar-refractivity contribution in [2.45, 2.75) is 20.0 Å². The average molecular weight is 313 g/mol. The van der Waals surface area contributed by atoms with Crippen LogP contribution in [0.1, 0.15) is 13.8 Å². The van der Waals surface area contributed by atoms with E-state index in [-0.39, 0.29) is 6.10 Å². The third-order valence-electron chi connectivity index (χ3n) is 4.11. The highest BCUT2D eigenvalue weighted by molar-refractivity contribution is 5.97. The van der Waals surface area contributed by atoms with Gasteiger partial charge in [0, 0.05) is 10.9 Å². The lowest BCUT2D eigenvalue weighted by Gasteiger charge is -2.13. The Kier molecular flexibility index (Phi) is 3.66. The minimum Gasteiger partial charge on any atom is -0.489 e. The molecule has 1 heterocycles. The molecule has 0 aliphatic carbocycles. The van der Waals surface area contributed by atoms with Crippen LogP contribution in [0.15, 0.2) is 72.8 Å². The zero-order chi connectivity index (χ0) is 16.5. The molecule has 118 valence electrons. The molecule has 0 aliphatic rings. The number of hydrogen-bond acceptors (Lipinski definition) is 2. The third kappa shape index (κ3) is 2.61. The molecule has 0 bridgehead atoms. The van der Waals surface area contributed by atoms with Crippen LogP contribution in [0.5, 0.6) is 5.75 Å². The van der Waals surface area contributed by atoms with Gasteiger partial charge in [0.1, 0.15) is 11.3 Å². The molecule has 2 heteroatoms. The van der Waals surface area contributed by atoms with Crippen molar-refractivity contribution in [3.8, 4) is 17.0 Å². The molecule has 24 heavy (non-hydrogen) atoms. The van der Waals surface area contributed by atoms with Crippen molar-refractivity contribution < 1.29 is 4.74 Å². The Morgan fingerprint density at radius 1 is 0.750 bits per heavy atom. The first-order valence-corrected chi connectivity index (χ1v) is 8.27. The van der Waals surface area contributed by atoms with E-state index >= 15 is 0 Å². The van der Waals surface area contributed by atoms with Crippen LogP contribution in [0, 0.1) is 0 Å². The molecule has 0 spiro atoms. The minimum atomic E-state index is 0.124. The van der Waals surface area contributed by atoms with E-state index in [0.29, 0.717) is 0 Å². The maximum absolute atomic E-state index is 5.94. The van der Waals surface area contributed by atoms with E-state index in [2.05, 4.69) is 60.7 Å². The summed E-state index contributed by atoms with van der Waals surface area (Å²) >= 11 is 0. The van der Waals surface area contributed by atoms with E-state index in [1.807, 2.05) is 26.0 Å². The average Bonchev–Trinajstić information content (AvgIpc) is 2.61. The fourth-order valence-corrected chi connectivity index (χ4v) is 3.07. The molecule has 4 rings (SSSR count). The van der Waals surface area contributed by atoms with Crippen molar-refractivity contribution >= 4 is 21.7 Å². The van der Waals surface area contributed by atoms with Gasteiger partial charge in [-0.2, -0.15) is 0 Å². The number of pyridine rings is 1. The largest absolute Gasteiger partial charge is 0.489 e. The van der Waals surface area contributed by atoms with E-state index in [4.69, 9.17) is 9.72 Å². The molecule has 0 saturated heterocycles. The lowest BCUT2D eigenvalue weighted by Crippen LogP contribution is -2.06. The Hall–Kier alpha value is -2.87. The fraction of sp³-hybridized carbons (Fsp3) is 0.136. The Labute approximate surface area is 141 Å². The van der Waals surface area contributed by atoms with Crippen LogP contribution in [0.3, 0.4) is 0 Å². The van der Waals surface area contributed by atoms with Crippen LogP contribution in [0.4, 0.5) is 0 Å². The van der Waals surface area contributed by atoms with Gasteiger partial charge in [-0.1, -0.05) is 60.7 Å². The molecule has 0 N–H and O–H groups in total. The summed E-state index contributed by atoms with van der Waals surface area (Å²) in [5.74, 6) is 0.838. The number of para-hydroxylation sites is 1. The first kappa shape index (κ1) is 14.7. The van der Waals surface area contributed by atoms with Crippen molar-refractivity contribution in [1.29, 1.82) is 0 Å². The molecule has 0 aliphatic heterocycles. The van der Waals surface area contributed by atoms with Crippen LogP contribution < -0.4 is 4.74 Å². The third-order valence-corrected chi connectivity index (χ3v) is 4.11. The minimum absolute atomic E-state index is 0.124. The molecule has 0 amide bonds. The van der Waals surface area contributed by atoms with E-state index in [1.165, 1.54) is 10.8 Å². The highest BCUT2D eigenvalue weighted by atomic mass is 16.5. The van der Waals surface area contributed by atoms with Crippen LogP contribution in [-0.2, 0) is 0 Å². The van der Waals surface area contributed by atoms with Crippen molar-refractivity contribution in [2.75, 3.05) is 0 Å². The standard InChI is InChI=1S/C22H19NO/c1-15(2)24-21-12-6-9-17-13-14-20(23-22(17)21)19-11-5-8-16-7-3-4-10-18(16)19/h3-15H,1-2H3. The maximum atomic E-state index is 5.94. The van der Waals surface area contributed by atoms with Crippen molar-refractivity contribution in [3.63, 3.8) is 0 Å². The summed E-state index contributed by atoms with van der Waals surface area (Å²) in [4.78, 5) is 4.92. The lowest BCUT2D eigenvalue weighted by atomic mass is 10.0. The summed E-state index contributed by atoms with van der Waals surface area (Å²) in [5.41, 5.74) is 3.03. The Balaban J connectivity index is 1.94. The van der Waals surface area contributed by atoms with Crippen molar-refractivity contribution in [2.24, 2.45) is 0 Å². The number of hydrogen-bond donors (Lipinski definition) is 0. The monoisotopic (exact) mass is 313 g/mol. The molecular weight excluding hydrogens is 294 g/mol. The molecular formula is C22H19NO. The predicted molar refractivity (Wildman–Crippen MR) is 100 cm³/mol. The van der Waals surface area contributed by atoms with Crippen LogP contribution in [-0.4, -0.2) is 11.1 Å². The van der Waals surface area contributed by atoms with Gasteiger partial charge < -0.3 is 4.74 Å². The molecule has 0 radical (unpaired) electrons. The fourth-order valence-electron chi connectivity index (χ4n) is 3.07. The summed E-state index contributed by atoms with van der Waals surface area (Å²) in [6, 6.07) is 25.0. The Bertz CT molecular complexity index is 1020. The number of ether oxygens (including phenoxy) is 1. The number of benzene rings is 3. The first-order chi connectivity index (χ1) is 11.7. The molecule has 0 saturated carbocycles. The van der Waals surface area contributed by atoms with Crippen LogP contribution in [0.2, 0.25) is 0 Å². The lowest BCUT2D eigenvalue weighted by molar-refractivity contribution is 0.245. The summed E-state index contributed by atoms with van der Waals surface area (Å²) in [5, 5.41) is 3.54. The molecule has 2 nitrogen and oxygen atoms in total. The number of aromatic nitrogens is 1. The van der Waals surface area contributed by atoms with Gasteiger partial charge in [-0.25, -0.2) is 4.98 Å². The summed E-state index contributed by atoms with van der Waals surface area (Å²) < 4.78 is 5.94. The second kappa shape index (κ2) is 5.97. The summed E-state index contributed by atoms with van der Waals surface area (Å²) in [7, 11) is 0. The highest BCUT2D eigenvalue weighted by Gasteiger charge is 2.09. The van der Waals surface area contributed by atoms with Gasteiger partial charge in [-0.05, 0) is 36.8 Å². The maximum Gasteiger partial charge on any atom is 0.145 e. The SMILES string of the molecule is CC(C)Oc1cccc2ccc(-c3cccc4ccccc34)nc12. The van der Waals surface area contributed by atoms with Gasteiger partial charge in [0.05, 0.1) is 11.8 Å². The zero-order valence-electron chi connectivity index (χ0n) is 13.9. The Morgan fingerprint density at radius 3 is 2.38 bits per heavy atom. The van der Waals surface area contributed by atoms with Crippen molar-refractivity contribution in [3.05, 3.63) is 72.8 Å². The normalized spacial score (nSPS) is 11.3. The zero-order valence-corrected chi connectivity index (χ0v) is 13.9. The molecule has 4 aromatic rings. The first-order valence-electron chi connectivity index (χ1n) is 8.27. The van der Waals surface area contributed by atoms with Gasteiger partial charge in [-0.15, -0.1) is 0 Å². The predicted octanol–water partition coefficient (Wildman–Crippen LogP) is 5.84. The summed E-state index contributed by atoms with van der Waals surface area (Å²) in [6.07, 6.45) is 0.124. The molecule has 0 fully saturated rings. The van der Waals surface area contributed by atoms with Gasteiger partial charge in [0.15, 0.2) is 0 Å². The van der Waals surface area contributed by atoms with Gasteiger partial charge >= 0.3 is 0 Å². The number of rotatable bonds is 3. The quantitative estimate of drug-likeness (QED) is 0.474. The topological polar surface area (TPSA) is 22.1 Å². The number of nitrogens with zero attached hydrogens (tertiary/aromatic N) is 1. The van der Waals surface area contributed by atoms with E-state index in [9.17, 15) is 0 Å². The number of fused-ring (bicyclic) bond motifs is 2. The Morgan fingerprint density at radius 2 is 1.50 bits per heavy atom. The van der Waals surface area contributed by atoms with Gasteiger partial charge in [-0.3, -0.25) is 0 Å². The van der Waals surface area contributed by atoms with Gasteiger partial charge in [0.2, 0.25) is 0 Å². The molecule has 3 aromatic carbocycles. The van der Waals surface area contributed by atoms with Crippen LogP contribution >= 0.6 is 0 Å². The van der Waals surface area contributed by atoms with Crippen molar-refractivity contribution in [1.82, 2.24) is 4.98 Å². The van der Waals surface area contributed by atoms with Gasteiger partial charge in [0.25, 0.3) is 0 Å². The second-order valence-electron chi connectivity index (χ2n) is 6.22. The van der Waals surface area contributed by atoms with E-state index in [0.717, 1.165) is 27.9 Å². The van der Waals surface area contributed by atoms with E-state index in [1.54, 1.807) is 0 Å². The molecule has 0 atom stereocenters. The van der Waals surface area contributed by atoms with E-state index < -0.39 is 0 Å².